The summed E-state index contributed by atoms with van der Waals surface area (Å²) in [6.07, 6.45) is -32.3. The van der Waals surface area contributed by atoms with Gasteiger partial charge in [-0.25, -0.2) is 0 Å². The first kappa shape index (κ1) is 64.5. The summed E-state index contributed by atoms with van der Waals surface area (Å²) in [5, 5.41) is 214. The molecule has 54 heavy (non-hydrogen) atoms. The minimum absolute atomic E-state index is 0. The average Bonchev–Trinajstić information content (AvgIpc) is 3.12. The van der Waals surface area contributed by atoms with Crippen molar-refractivity contribution in [3.8, 4) is 0 Å². The van der Waals surface area contributed by atoms with Gasteiger partial charge in [0.2, 0.25) is 0 Å². The van der Waals surface area contributed by atoms with Crippen molar-refractivity contribution in [3.63, 3.8) is 0 Å². The van der Waals surface area contributed by atoms with E-state index in [1.165, 1.54) is 0 Å². The van der Waals surface area contributed by atoms with Gasteiger partial charge >= 0.3 is 46.1 Å². The number of carbonyl (C=O) groups excluding carboxylic acids is 4. The molecular formula is C24H44Mg2O28. The molecule has 0 bridgehead atoms. The topological polar surface area (TPSA) is 565 Å². The quantitative estimate of drug-likeness (QED) is 0.0507. The molecule has 0 aliphatic carbocycles. The Morgan fingerprint density at radius 2 is 0.407 bits per heavy atom. The third kappa shape index (κ3) is 25.0. The zero-order valence-electron chi connectivity index (χ0n) is 27.7. The molecule has 0 radical (unpaired) electrons. The van der Waals surface area contributed by atoms with E-state index in [2.05, 4.69) is 0 Å². The molecule has 312 valence electrons. The average molecular weight is 829 g/mol. The summed E-state index contributed by atoms with van der Waals surface area (Å²) < 4.78 is 0. The van der Waals surface area contributed by atoms with Gasteiger partial charge in [-0.15, -0.1) is 0 Å². The maximum Gasteiger partial charge on any atom is 2.00 e. The van der Waals surface area contributed by atoms with E-state index in [0.29, 0.717) is 0 Å². The molecule has 0 saturated heterocycles. The van der Waals surface area contributed by atoms with Gasteiger partial charge in [-0.2, -0.15) is 0 Å². The van der Waals surface area contributed by atoms with Crippen molar-refractivity contribution in [2.75, 3.05) is 26.4 Å². The van der Waals surface area contributed by atoms with Crippen molar-refractivity contribution in [1.29, 1.82) is 0 Å². The standard InChI is InChI=1S/4C6H12O7.2Mg/c4*7-1-2(8)3(9)4(10)5(11)6(12)13;;/h4*2-5,7-11H,1H2,(H,12,13);;/q;;;;2*+2/p-4. The first-order chi connectivity index (χ1) is 23.7. The Labute approximate surface area is 334 Å². The Morgan fingerprint density at radius 3 is 0.481 bits per heavy atom. The van der Waals surface area contributed by atoms with E-state index >= 15 is 0 Å². The number of carbonyl (C=O) groups is 4. The molecular weight excluding hydrogens is 785 g/mol. The number of carboxylic acids is 4. The summed E-state index contributed by atoms with van der Waals surface area (Å²) in [7, 11) is 0. The van der Waals surface area contributed by atoms with Crippen molar-refractivity contribution in [3.05, 3.63) is 0 Å². The molecule has 0 aromatic heterocycles. The molecule has 0 spiro atoms. The summed E-state index contributed by atoms with van der Waals surface area (Å²) in [6, 6.07) is 0. The van der Waals surface area contributed by atoms with Gasteiger partial charge in [-0.05, 0) is 0 Å². The second-order valence-electron chi connectivity index (χ2n) is 9.98. The van der Waals surface area contributed by atoms with Crippen LogP contribution in [-0.2, 0) is 19.2 Å². The molecule has 30 heteroatoms. The van der Waals surface area contributed by atoms with Crippen molar-refractivity contribution in [1.82, 2.24) is 0 Å². The maximum absolute atomic E-state index is 9.98. The molecule has 0 rings (SSSR count). The number of aliphatic hydroxyl groups is 20. The van der Waals surface area contributed by atoms with Crippen LogP contribution in [0.1, 0.15) is 0 Å². The molecule has 0 aliphatic heterocycles. The van der Waals surface area contributed by atoms with Gasteiger partial charge < -0.3 is 142 Å². The van der Waals surface area contributed by atoms with Crippen LogP contribution in [0.25, 0.3) is 0 Å². The third-order valence-electron chi connectivity index (χ3n) is 5.98. The van der Waals surface area contributed by atoms with Gasteiger partial charge in [0.15, 0.2) is 0 Å². The van der Waals surface area contributed by atoms with Crippen molar-refractivity contribution >= 4 is 70.0 Å². The van der Waals surface area contributed by atoms with Gasteiger partial charge in [0.1, 0.15) is 97.7 Å². The number of aliphatic carboxylic acids is 4. The maximum atomic E-state index is 9.98. The van der Waals surface area contributed by atoms with Gasteiger partial charge in [0.05, 0.1) is 50.3 Å². The third-order valence-corrected chi connectivity index (χ3v) is 5.98. The van der Waals surface area contributed by atoms with E-state index in [0.717, 1.165) is 0 Å². The number of aliphatic hydroxyl groups excluding tert-OH is 20. The minimum atomic E-state index is -2.31. The van der Waals surface area contributed by atoms with Crippen LogP contribution in [0.2, 0.25) is 0 Å². The number of hydrogen-bond donors (Lipinski definition) is 20. The Hall–Kier alpha value is -1.39. The van der Waals surface area contributed by atoms with Crippen LogP contribution >= 0.6 is 0 Å². The summed E-state index contributed by atoms with van der Waals surface area (Å²) >= 11 is 0. The Balaban J connectivity index is -0.000000140. The Kier molecular flexibility index (Phi) is 40.3. The second kappa shape index (κ2) is 33.7. The van der Waals surface area contributed by atoms with Gasteiger partial charge in [-0.1, -0.05) is 0 Å². The van der Waals surface area contributed by atoms with Gasteiger partial charge in [-0.3, -0.25) is 0 Å². The molecule has 0 aromatic rings. The molecule has 0 amide bonds. The molecule has 0 aliphatic rings. The van der Waals surface area contributed by atoms with E-state index in [1.54, 1.807) is 0 Å². The predicted molar refractivity (Wildman–Crippen MR) is 156 cm³/mol. The largest absolute Gasteiger partial charge is 2.00 e. The van der Waals surface area contributed by atoms with Crippen LogP contribution in [0.4, 0.5) is 0 Å². The van der Waals surface area contributed by atoms with E-state index < -0.39 is 148 Å². The fourth-order valence-corrected chi connectivity index (χ4v) is 2.65. The van der Waals surface area contributed by atoms with Gasteiger partial charge in [0, 0.05) is 0 Å². The minimum Gasteiger partial charge on any atom is -0.547 e. The van der Waals surface area contributed by atoms with Crippen molar-refractivity contribution in [2.45, 2.75) is 97.7 Å². The van der Waals surface area contributed by atoms with E-state index in [-0.39, 0.29) is 46.1 Å². The summed E-state index contributed by atoms with van der Waals surface area (Å²) in [6.45, 7) is -3.45. The molecule has 0 heterocycles. The molecule has 0 saturated carbocycles. The predicted octanol–water partition coefficient (Wildman–Crippen LogP) is -20.1. The van der Waals surface area contributed by atoms with Crippen LogP contribution in [-0.4, -0.2) is 296 Å². The van der Waals surface area contributed by atoms with E-state index in [9.17, 15) is 39.6 Å². The number of carboxylic acid groups (broad SMARTS) is 4. The van der Waals surface area contributed by atoms with E-state index in [4.69, 9.17) is 102 Å². The first-order valence-corrected chi connectivity index (χ1v) is 13.8. The normalized spacial score (nSPS) is 19.6. The summed E-state index contributed by atoms with van der Waals surface area (Å²) in [5.74, 6) is -7.90. The molecule has 16 atom stereocenters. The Morgan fingerprint density at radius 1 is 0.296 bits per heavy atom. The van der Waals surface area contributed by atoms with Crippen LogP contribution in [0.3, 0.4) is 0 Å². The molecule has 28 nitrogen and oxygen atoms in total. The second-order valence-corrected chi connectivity index (χ2v) is 9.98. The van der Waals surface area contributed by atoms with Crippen LogP contribution in [0.15, 0.2) is 0 Å². The summed E-state index contributed by atoms with van der Waals surface area (Å²) in [4.78, 5) is 39.9. The van der Waals surface area contributed by atoms with Gasteiger partial charge in [0.25, 0.3) is 0 Å². The van der Waals surface area contributed by atoms with Crippen molar-refractivity contribution < 1.29 is 142 Å². The molecule has 20 N–H and O–H groups in total. The molecule has 16 unspecified atom stereocenters. The van der Waals surface area contributed by atoms with Crippen LogP contribution in [0, 0.1) is 0 Å². The van der Waals surface area contributed by atoms with Crippen LogP contribution in [0.5, 0.6) is 0 Å². The smallest absolute Gasteiger partial charge is 0.547 e. The Bertz CT molecular complexity index is 846. The van der Waals surface area contributed by atoms with Crippen molar-refractivity contribution in [2.24, 2.45) is 0 Å². The first-order valence-electron chi connectivity index (χ1n) is 13.8. The monoisotopic (exact) mass is 828 g/mol. The molecule has 0 fully saturated rings. The SMILES string of the molecule is O=C([O-])C(O)C(O)C(O)C(O)CO.O=C([O-])C(O)C(O)C(O)C(O)CO.O=C([O-])C(O)C(O)C(O)C(O)CO.O=C([O-])C(O)C(O)C(O)C(O)CO.[Mg+2].[Mg+2]. The fraction of sp³-hybridized carbons (Fsp3) is 0.833. The number of rotatable bonds is 20. The zero-order valence-corrected chi connectivity index (χ0v) is 30.5. The van der Waals surface area contributed by atoms with E-state index in [1.807, 2.05) is 0 Å². The number of hydrogen-bond acceptors (Lipinski definition) is 28. The molecule has 0 aromatic carbocycles. The van der Waals surface area contributed by atoms with Crippen LogP contribution < -0.4 is 20.4 Å². The zero-order chi connectivity index (χ0) is 42.4. The summed E-state index contributed by atoms with van der Waals surface area (Å²) in [5.41, 5.74) is 0. The fourth-order valence-electron chi connectivity index (χ4n) is 2.65.